The molecule has 0 radical (unpaired) electrons. The van der Waals surface area contributed by atoms with Gasteiger partial charge in [-0.3, -0.25) is 0 Å². The summed E-state index contributed by atoms with van der Waals surface area (Å²) >= 11 is 3.72. The van der Waals surface area contributed by atoms with Gasteiger partial charge in [0.1, 0.15) is 22.3 Å². The molecule has 0 saturated carbocycles. The van der Waals surface area contributed by atoms with Crippen molar-refractivity contribution in [3.63, 3.8) is 0 Å². The van der Waals surface area contributed by atoms with E-state index in [2.05, 4.69) is 180 Å². The van der Waals surface area contributed by atoms with Gasteiger partial charge in [0.05, 0.1) is 0 Å². The lowest BCUT2D eigenvalue weighted by Crippen LogP contribution is -2.29. The number of hydrogen-bond acceptors (Lipinski definition) is 10. The van der Waals surface area contributed by atoms with Crippen molar-refractivity contribution in [1.29, 1.82) is 0 Å². The molecule has 12 heteroatoms. The average molecular weight is 1430 g/mol. The minimum atomic E-state index is -1.45. The molecule has 0 amide bonds. The van der Waals surface area contributed by atoms with E-state index >= 15 is 0 Å². The quantitative estimate of drug-likeness (QED) is 0.127. The van der Waals surface area contributed by atoms with Crippen molar-refractivity contribution in [3.8, 4) is 102 Å². The molecule has 0 atom stereocenters. The fourth-order valence-electron chi connectivity index (χ4n) is 14.2. The van der Waals surface area contributed by atoms with Gasteiger partial charge in [-0.25, -0.2) is 29.9 Å². The van der Waals surface area contributed by atoms with Gasteiger partial charge in [0.2, 0.25) is 0 Å². The van der Waals surface area contributed by atoms with Gasteiger partial charge in [0.15, 0.2) is 34.9 Å². The molecule has 0 aliphatic rings. The summed E-state index contributed by atoms with van der Waals surface area (Å²) in [6.45, 7) is 0. The summed E-state index contributed by atoms with van der Waals surface area (Å²) in [4.78, 5) is 29.7. The maximum Gasteiger partial charge on any atom is 0.488 e. The number of furan rings is 2. The molecular formula is C94H60BBrN6O4. The molecule has 0 aliphatic heterocycles. The van der Waals surface area contributed by atoms with Crippen LogP contribution in [0.3, 0.4) is 0 Å². The van der Waals surface area contributed by atoms with Crippen LogP contribution in [0.2, 0.25) is 0 Å². The first-order valence-corrected chi connectivity index (χ1v) is 35.8. The van der Waals surface area contributed by atoms with E-state index in [0.717, 1.165) is 137 Å². The minimum Gasteiger partial charge on any atom is -0.456 e. The van der Waals surface area contributed by atoms with Crippen LogP contribution in [-0.4, -0.2) is 47.1 Å². The highest BCUT2D eigenvalue weighted by molar-refractivity contribution is 9.10. The largest absolute Gasteiger partial charge is 0.488 e. The Labute approximate surface area is 618 Å². The second-order valence-corrected chi connectivity index (χ2v) is 26.8. The number of benzene rings is 16. The molecule has 0 saturated heterocycles. The standard InChI is InChI=1S/C47H29N3O.C25H16BrN3.C22H15BO3/c1-3-13-34(14-4-1)45-48-46(35-15-5-2-6-16-35)50-47(49-45)44-38-18-10-8-11-31(38)23-26-39(44)33-21-19-30(20-22-33)36-24-27-40-42(29-36)51-41-28-25-32-12-7-9-17-37(32)43(40)41;26-21-16-15-17-9-7-8-14-20(17)22(21)25-28-23(18-10-3-1-4-11-18)27-24(29-25)19-12-5-2-6-13-19;24-23(25)17-9-5-14(6-10-17)16-7-11-19-21(13-16)26-20-12-8-15-3-1-2-4-18(15)22(19)20/h1-29H;1-16H;1-13,24-25H. The number of hydrogen-bond donors (Lipinski definition) is 2. The number of halogens is 1. The first-order chi connectivity index (χ1) is 52.3. The molecule has 16 aromatic carbocycles. The summed E-state index contributed by atoms with van der Waals surface area (Å²) in [6, 6.07) is 119. The van der Waals surface area contributed by atoms with E-state index in [4.69, 9.17) is 38.7 Å². The smallest absolute Gasteiger partial charge is 0.456 e. The molecule has 500 valence electrons. The summed E-state index contributed by atoms with van der Waals surface area (Å²) in [6.07, 6.45) is 0. The molecule has 0 fully saturated rings. The lowest BCUT2D eigenvalue weighted by atomic mass is 9.80. The van der Waals surface area contributed by atoms with Gasteiger partial charge in [-0.15, -0.1) is 0 Å². The van der Waals surface area contributed by atoms with Gasteiger partial charge in [-0.2, -0.15) is 0 Å². The number of rotatable bonds is 10. The monoisotopic (exact) mass is 1430 g/mol. The second kappa shape index (κ2) is 28.1. The third kappa shape index (κ3) is 12.6. The zero-order valence-corrected chi connectivity index (χ0v) is 58.4. The summed E-state index contributed by atoms with van der Waals surface area (Å²) in [7, 11) is -1.45. The van der Waals surface area contributed by atoms with Crippen LogP contribution in [0, 0.1) is 0 Å². The average Bonchev–Trinajstić information content (AvgIpc) is 1.68. The van der Waals surface area contributed by atoms with Crippen LogP contribution >= 0.6 is 15.9 Å². The van der Waals surface area contributed by atoms with Crippen molar-refractivity contribution in [2.24, 2.45) is 0 Å². The molecule has 106 heavy (non-hydrogen) atoms. The molecule has 0 bridgehead atoms. The van der Waals surface area contributed by atoms with E-state index in [1.54, 1.807) is 12.1 Å². The first-order valence-electron chi connectivity index (χ1n) is 35.0. The minimum absolute atomic E-state index is 0.477. The molecule has 0 unspecified atom stereocenters. The Morgan fingerprint density at radius 1 is 0.236 bits per heavy atom. The molecule has 0 spiro atoms. The molecule has 4 heterocycles. The number of nitrogens with zero attached hydrogens (tertiary/aromatic N) is 6. The maximum atomic E-state index is 9.23. The van der Waals surface area contributed by atoms with E-state index < -0.39 is 7.12 Å². The van der Waals surface area contributed by atoms with Crippen molar-refractivity contribution in [2.45, 2.75) is 0 Å². The fourth-order valence-corrected chi connectivity index (χ4v) is 14.7. The van der Waals surface area contributed by atoms with Crippen LogP contribution in [0.4, 0.5) is 0 Å². The third-order valence-electron chi connectivity index (χ3n) is 19.4. The van der Waals surface area contributed by atoms with Crippen LogP contribution < -0.4 is 5.46 Å². The van der Waals surface area contributed by atoms with Crippen molar-refractivity contribution < 1.29 is 18.9 Å². The van der Waals surface area contributed by atoms with Gasteiger partial charge in [0.25, 0.3) is 0 Å². The molecule has 20 rings (SSSR count). The molecule has 10 nitrogen and oxygen atoms in total. The van der Waals surface area contributed by atoms with Crippen molar-refractivity contribution in [2.75, 3.05) is 0 Å². The Bertz CT molecular complexity index is 6570. The van der Waals surface area contributed by atoms with E-state index in [-0.39, 0.29) is 0 Å². The predicted molar refractivity (Wildman–Crippen MR) is 437 cm³/mol. The van der Waals surface area contributed by atoms with Crippen LogP contribution in [0.25, 0.3) is 189 Å². The lowest BCUT2D eigenvalue weighted by Gasteiger charge is -2.15. The zero-order valence-electron chi connectivity index (χ0n) is 56.8. The Hall–Kier alpha value is -13.4. The summed E-state index contributed by atoms with van der Waals surface area (Å²) < 4.78 is 13.4. The molecular weight excluding hydrogens is 1370 g/mol. The van der Waals surface area contributed by atoms with E-state index in [1.165, 1.54) is 21.5 Å². The van der Waals surface area contributed by atoms with Crippen LogP contribution in [-0.2, 0) is 0 Å². The molecule has 0 aliphatic carbocycles. The second-order valence-electron chi connectivity index (χ2n) is 25.9. The Morgan fingerprint density at radius 3 is 0.981 bits per heavy atom. The van der Waals surface area contributed by atoms with Crippen LogP contribution in [0.15, 0.2) is 365 Å². The van der Waals surface area contributed by atoms with Crippen molar-refractivity contribution >= 4 is 115 Å². The van der Waals surface area contributed by atoms with E-state index in [0.29, 0.717) is 40.4 Å². The first kappa shape index (κ1) is 64.7. The van der Waals surface area contributed by atoms with Crippen LogP contribution in [0.5, 0.6) is 0 Å². The van der Waals surface area contributed by atoms with Gasteiger partial charge >= 0.3 is 7.12 Å². The topological polar surface area (TPSA) is 144 Å². The number of fused-ring (bicyclic) bond motifs is 12. The maximum absolute atomic E-state index is 9.23. The normalized spacial score (nSPS) is 11.3. The summed E-state index contributed by atoms with van der Waals surface area (Å²) in [5.74, 6) is 3.90. The fraction of sp³-hybridized carbons (Fsp3) is 0. The Kier molecular flexibility index (Phi) is 17.2. The SMILES string of the molecule is Brc1ccc2ccccc2c1-c1nc(-c2ccccc2)nc(-c2ccccc2)n1.OB(O)c1ccc(-c2ccc3c(c2)oc2ccc4ccccc4c23)cc1.c1ccc(-c2nc(-c3ccccc3)nc(-c3c(-c4ccc(-c5ccc6c(c5)oc5ccc7ccccc7c56)cc4)ccc4ccccc34)n2)cc1. The highest BCUT2D eigenvalue weighted by atomic mass is 79.9. The van der Waals surface area contributed by atoms with E-state index in [1.807, 2.05) is 176 Å². The predicted octanol–water partition coefficient (Wildman–Crippen LogP) is 23.3. The molecule has 20 aromatic rings. The van der Waals surface area contributed by atoms with Crippen LogP contribution in [0.1, 0.15) is 0 Å². The molecule has 4 aromatic heterocycles. The Morgan fingerprint density at radius 2 is 0.557 bits per heavy atom. The highest BCUT2D eigenvalue weighted by Crippen LogP contribution is 2.43. The van der Waals surface area contributed by atoms with Crippen molar-refractivity contribution in [3.05, 3.63) is 356 Å². The zero-order chi connectivity index (χ0) is 71.0. The van der Waals surface area contributed by atoms with Gasteiger partial charge in [0, 0.05) is 59.4 Å². The molecule has 2 N–H and O–H groups in total. The Balaban J connectivity index is 0.000000123. The third-order valence-corrected chi connectivity index (χ3v) is 20.1. The van der Waals surface area contributed by atoms with Crippen molar-refractivity contribution in [1.82, 2.24) is 29.9 Å². The lowest BCUT2D eigenvalue weighted by molar-refractivity contribution is 0.426. The number of aromatic nitrogens is 6. The highest BCUT2D eigenvalue weighted by Gasteiger charge is 2.22. The van der Waals surface area contributed by atoms with Gasteiger partial charge in [-0.1, -0.05) is 325 Å². The van der Waals surface area contributed by atoms with Gasteiger partial charge < -0.3 is 18.9 Å². The summed E-state index contributed by atoms with van der Waals surface area (Å²) in [5.41, 5.74) is 16.2. The van der Waals surface area contributed by atoms with Gasteiger partial charge in [-0.05, 0) is 124 Å². The summed E-state index contributed by atoms with van der Waals surface area (Å²) in [5, 5.41) is 32.3. The van der Waals surface area contributed by atoms with E-state index in [9.17, 15) is 10.0 Å².